The molecule has 0 aliphatic carbocycles. The van der Waals surface area contributed by atoms with Crippen LogP contribution in [0.4, 0.5) is 10.5 Å². The summed E-state index contributed by atoms with van der Waals surface area (Å²) in [7, 11) is 0. The first-order valence-electron chi connectivity index (χ1n) is 4.90. The van der Waals surface area contributed by atoms with Crippen molar-refractivity contribution >= 4 is 11.8 Å². The molecule has 0 aromatic heterocycles. The number of non-ortho nitro benzene ring substituents is 1. The summed E-state index contributed by atoms with van der Waals surface area (Å²) in [5.41, 5.74) is 11.3. The van der Waals surface area contributed by atoms with Gasteiger partial charge >= 0.3 is 6.09 Å². The fourth-order valence-electron chi connectivity index (χ4n) is 1.30. The molecule has 1 aromatic rings. The molecule has 0 spiro atoms. The van der Waals surface area contributed by atoms with Crippen LogP contribution in [-0.4, -0.2) is 23.7 Å². The zero-order valence-corrected chi connectivity index (χ0v) is 9.04. The van der Waals surface area contributed by atoms with Gasteiger partial charge in [-0.3, -0.25) is 10.1 Å². The zero-order chi connectivity index (χ0) is 12.8. The number of rotatable bonds is 5. The van der Waals surface area contributed by atoms with Gasteiger partial charge in [0.25, 0.3) is 5.69 Å². The van der Waals surface area contributed by atoms with Gasteiger partial charge in [-0.15, -0.1) is 0 Å². The van der Waals surface area contributed by atoms with Gasteiger partial charge in [0.05, 0.1) is 4.92 Å². The van der Waals surface area contributed by atoms with Crippen LogP contribution in [-0.2, 0) is 11.2 Å². The lowest BCUT2D eigenvalue weighted by Gasteiger charge is -2.10. The first kappa shape index (κ1) is 12.9. The largest absolute Gasteiger partial charge is 0.448 e. The normalized spacial score (nSPS) is 11.8. The number of nitro groups is 1. The molecule has 1 rings (SSSR count). The first-order chi connectivity index (χ1) is 7.99. The molecule has 0 unspecified atom stereocenters. The number of hydrogen-bond donors (Lipinski definition) is 2. The maximum absolute atomic E-state index is 10.4. The summed E-state index contributed by atoms with van der Waals surface area (Å²) in [6.45, 7) is 0.0202. The SMILES string of the molecule is NC(=O)OC[C@@H](N)Cc1ccc([N+](=O)[O-])cc1. The van der Waals surface area contributed by atoms with E-state index >= 15 is 0 Å². The number of ether oxygens (including phenoxy) is 1. The highest BCUT2D eigenvalue weighted by Gasteiger charge is 2.08. The second-order valence-electron chi connectivity index (χ2n) is 3.52. The predicted octanol–water partition coefficient (Wildman–Crippen LogP) is 0.560. The van der Waals surface area contributed by atoms with Gasteiger partial charge in [0.15, 0.2) is 0 Å². The minimum absolute atomic E-state index is 0.0202. The molecule has 1 atom stereocenters. The third-order valence-corrected chi connectivity index (χ3v) is 2.08. The van der Waals surface area contributed by atoms with Crippen molar-refractivity contribution in [3.8, 4) is 0 Å². The molecular weight excluding hydrogens is 226 g/mol. The lowest BCUT2D eigenvalue weighted by atomic mass is 10.1. The molecule has 0 aliphatic heterocycles. The maximum Gasteiger partial charge on any atom is 0.404 e. The Bertz CT molecular complexity index is 405. The van der Waals surface area contributed by atoms with E-state index in [1.165, 1.54) is 12.1 Å². The number of amides is 1. The van der Waals surface area contributed by atoms with Crippen molar-refractivity contribution < 1.29 is 14.5 Å². The van der Waals surface area contributed by atoms with Gasteiger partial charge < -0.3 is 16.2 Å². The van der Waals surface area contributed by atoms with Crippen LogP contribution in [0.5, 0.6) is 0 Å². The third kappa shape index (κ3) is 4.47. The van der Waals surface area contributed by atoms with Gasteiger partial charge in [-0.1, -0.05) is 12.1 Å². The van der Waals surface area contributed by atoms with Gasteiger partial charge in [0, 0.05) is 18.2 Å². The van der Waals surface area contributed by atoms with Gasteiger partial charge in [-0.05, 0) is 12.0 Å². The van der Waals surface area contributed by atoms with Gasteiger partial charge in [0.2, 0.25) is 0 Å². The lowest BCUT2D eigenvalue weighted by molar-refractivity contribution is -0.384. The number of nitrogens with two attached hydrogens (primary N) is 2. The van der Waals surface area contributed by atoms with Crippen LogP contribution in [0.15, 0.2) is 24.3 Å². The molecule has 7 nitrogen and oxygen atoms in total. The van der Waals surface area contributed by atoms with E-state index in [0.717, 1.165) is 5.56 Å². The second kappa shape index (κ2) is 5.80. The van der Waals surface area contributed by atoms with Crippen molar-refractivity contribution in [1.82, 2.24) is 0 Å². The number of primary amides is 1. The Balaban J connectivity index is 2.51. The zero-order valence-electron chi connectivity index (χ0n) is 9.04. The molecule has 0 radical (unpaired) electrons. The van der Waals surface area contributed by atoms with Gasteiger partial charge in [-0.25, -0.2) is 4.79 Å². The van der Waals surface area contributed by atoms with Crippen molar-refractivity contribution in [2.45, 2.75) is 12.5 Å². The Morgan fingerprint density at radius 2 is 2.00 bits per heavy atom. The molecule has 1 aromatic carbocycles. The van der Waals surface area contributed by atoms with Crippen LogP contribution < -0.4 is 11.5 Å². The average Bonchev–Trinajstić information content (AvgIpc) is 2.27. The number of hydrogen-bond acceptors (Lipinski definition) is 5. The molecule has 4 N–H and O–H groups in total. The third-order valence-electron chi connectivity index (χ3n) is 2.08. The number of nitrogens with zero attached hydrogens (tertiary/aromatic N) is 1. The first-order valence-corrected chi connectivity index (χ1v) is 4.90. The average molecular weight is 239 g/mol. The molecule has 7 heteroatoms. The number of benzene rings is 1. The molecule has 0 saturated carbocycles. The topological polar surface area (TPSA) is 121 Å². The van der Waals surface area contributed by atoms with Crippen molar-refractivity contribution in [2.24, 2.45) is 11.5 Å². The van der Waals surface area contributed by atoms with E-state index in [0.29, 0.717) is 6.42 Å². The Kier molecular flexibility index (Phi) is 4.41. The van der Waals surface area contributed by atoms with Crippen LogP contribution in [0, 0.1) is 10.1 Å². The molecule has 17 heavy (non-hydrogen) atoms. The molecule has 0 aliphatic rings. The maximum atomic E-state index is 10.4. The summed E-state index contributed by atoms with van der Waals surface area (Å²) in [6.07, 6.45) is -0.421. The molecular formula is C10H13N3O4. The molecule has 92 valence electrons. The van der Waals surface area contributed by atoms with Crippen molar-refractivity contribution in [3.63, 3.8) is 0 Å². The molecule has 0 saturated heterocycles. The highest BCUT2D eigenvalue weighted by Crippen LogP contribution is 2.12. The van der Waals surface area contributed by atoms with E-state index in [9.17, 15) is 14.9 Å². The van der Waals surface area contributed by atoms with Crippen LogP contribution in [0.25, 0.3) is 0 Å². The molecule has 1 amide bonds. The fraction of sp³-hybridized carbons (Fsp3) is 0.300. The number of nitro benzene ring substituents is 1. The fourth-order valence-corrected chi connectivity index (χ4v) is 1.30. The minimum Gasteiger partial charge on any atom is -0.448 e. The highest BCUT2D eigenvalue weighted by molar-refractivity contribution is 5.64. The molecule has 0 fully saturated rings. The lowest BCUT2D eigenvalue weighted by Crippen LogP contribution is -2.31. The second-order valence-corrected chi connectivity index (χ2v) is 3.52. The van der Waals surface area contributed by atoms with Crippen LogP contribution in [0.2, 0.25) is 0 Å². The van der Waals surface area contributed by atoms with E-state index in [1.807, 2.05) is 0 Å². The van der Waals surface area contributed by atoms with E-state index in [-0.39, 0.29) is 18.3 Å². The van der Waals surface area contributed by atoms with Crippen LogP contribution >= 0.6 is 0 Å². The Morgan fingerprint density at radius 3 is 2.47 bits per heavy atom. The summed E-state index contributed by atoms with van der Waals surface area (Å²) in [5, 5.41) is 10.4. The summed E-state index contributed by atoms with van der Waals surface area (Å²) in [6, 6.07) is 5.64. The van der Waals surface area contributed by atoms with Crippen molar-refractivity contribution in [1.29, 1.82) is 0 Å². The van der Waals surface area contributed by atoms with Crippen molar-refractivity contribution in [3.05, 3.63) is 39.9 Å². The van der Waals surface area contributed by atoms with E-state index in [2.05, 4.69) is 4.74 Å². The van der Waals surface area contributed by atoms with Crippen molar-refractivity contribution in [2.75, 3.05) is 6.61 Å². The van der Waals surface area contributed by atoms with Crippen LogP contribution in [0.1, 0.15) is 5.56 Å². The number of carbonyl (C=O) groups is 1. The summed E-state index contributed by atoms with van der Waals surface area (Å²) in [5.74, 6) is 0. The standard InChI is InChI=1S/C10H13N3O4/c11-8(6-17-10(12)14)5-7-1-3-9(4-2-7)13(15)16/h1-4,8H,5-6,11H2,(H2,12,14)/t8-/m0/s1. The Hall–Kier alpha value is -2.15. The quantitative estimate of drug-likeness (QED) is 0.574. The number of carbonyl (C=O) groups excluding carboxylic acids is 1. The monoisotopic (exact) mass is 239 g/mol. The molecule has 0 bridgehead atoms. The minimum atomic E-state index is -0.871. The summed E-state index contributed by atoms with van der Waals surface area (Å²) in [4.78, 5) is 20.3. The summed E-state index contributed by atoms with van der Waals surface area (Å²) < 4.78 is 4.54. The van der Waals surface area contributed by atoms with Gasteiger partial charge in [0.1, 0.15) is 6.61 Å². The predicted molar refractivity (Wildman–Crippen MR) is 60.3 cm³/mol. The van der Waals surface area contributed by atoms with Gasteiger partial charge in [-0.2, -0.15) is 0 Å². The Labute approximate surface area is 97.5 Å². The highest BCUT2D eigenvalue weighted by atomic mass is 16.6. The molecule has 0 heterocycles. The van der Waals surface area contributed by atoms with E-state index in [1.54, 1.807) is 12.1 Å². The Morgan fingerprint density at radius 1 is 1.41 bits per heavy atom. The van der Waals surface area contributed by atoms with Crippen LogP contribution in [0.3, 0.4) is 0 Å². The summed E-state index contributed by atoms with van der Waals surface area (Å²) >= 11 is 0. The van der Waals surface area contributed by atoms with E-state index in [4.69, 9.17) is 11.5 Å². The smallest absolute Gasteiger partial charge is 0.404 e. The van der Waals surface area contributed by atoms with E-state index < -0.39 is 11.0 Å².